The van der Waals surface area contributed by atoms with Gasteiger partial charge in [0.2, 0.25) is 5.91 Å². The molecule has 2 heterocycles. The van der Waals surface area contributed by atoms with Gasteiger partial charge in [0.1, 0.15) is 4.21 Å². The maximum absolute atomic E-state index is 12.7. The zero-order valence-corrected chi connectivity index (χ0v) is 17.7. The average Bonchev–Trinajstić information content (AvgIpc) is 3.10. The molecule has 0 saturated carbocycles. The van der Waals surface area contributed by atoms with Crippen LogP contribution in [0.25, 0.3) is 0 Å². The molecule has 146 valence electrons. The van der Waals surface area contributed by atoms with Gasteiger partial charge >= 0.3 is 0 Å². The smallest absolute Gasteiger partial charge is 0.252 e. The highest BCUT2D eigenvalue weighted by Crippen LogP contribution is 2.32. The summed E-state index contributed by atoms with van der Waals surface area (Å²) in [6, 6.07) is 10.8. The Hall–Kier alpha value is -1.41. The lowest BCUT2D eigenvalue weighted by atomic mass is 9.85. The molecule has 2 aromatic rings. The number of nitrogens with zero attached hydrogens (tertiary/aromatic N) is 1. The van der Waals surface area contributed by atoms with E-state index >= 15 is 0 Å². The molecular weight excluding hydrogens is 404 g/mol. The highest BCUT2D eigenvalue weighted by Gasteiger charge is 2.34. The molecule has 1 N–H and O–H groups in total. The number of hydrogen-bond donors (Lipinski definition) is 1. The Bertz CT molecular complexity index is 919. The zero-order valence-electron chi connectivity index (χ0n) is 15.3. The van der Waals surface area contributed by atoms with Gasteiger partial charge in [-0.25, -0.2) is 8.42 Å². The van der Waals surface area contributed by atoms with Gasteiger partial charge in [-0.15, -0.1) is 11.3 Å². The lowest BCUT2D eigenvalue weighted by Crippen LogP contribution is -2.41. The molecule has 0 radical (unpaired) electrons. The summed E-state index contributed by atoms with van der Waals surface area (Å²) in [6.45, 7) is 4.72. The third-order valence-electron chi connectivity index (χ3n) is 5.16. The molecular formula is C19H23ClN2O3S2. The number of piperidine rings is 1. The molecule has 1 aromatic carbocycles. The van der Waals surface area contributed by atoms with Crippen LogP contribution in [0.2, 0.25) is 4.34 Å². The number of rotatable bonds is 5. The summed E-state index contributed by atoms with van der Waals surface area (Å²) in [5.41, 5.74) is 1.84. The van der Waals surface area contributed by atoms with E-state index in [1.54, 1.807) is 12.1 Å². The molecule has 0 bridgehead atoms. The lowest BCUT2D eigenvalue weighted by Gasteiger charge is -2.33. The highest BCUT2D eigenvalue weighted by molar-refractivity contribution is 7.91. The number of carbonyl (C=O) groups is 1. The van der Waals surface area contributed by atoms with Crippen molar-refractivity contribution >= 4 is 44.6 Å². The number of hydrogen-bond acceptors (Lipinski definition) is 4. The van der Waals surface area contributed by atoms with E-state index in [-0.39, 0.29) is 22.0 Å². The van der Waals surface area contributed by atoms with Gasteiger partial charge in [-0.3, -0.25) is 4.79 Å². The van der Waals surface area contributed by atoms with E-state index in [2.05, 4.69) is 5.32 Å². The Labute approximate surface area is 169 Å². The summed E-state index contributed by atoms with van der Waals surface area (Å²) in [5.74, 6) is -0.0336. The first-order valence-corrected chi connectivity index (χ1v) is 11.5. The molecule has 5 nitrogen and oxygen atoms in total. The first-order valence-electron chi connectivity index (χ1n) is 8.91. The molecule has 1 aliphatic heterocycles. The van der Waals surface area contributed by atoms with Gasteiger partial charge in [0.05, 0.1) is 4.34 Å². The Morgan fingerprint density at radius 3 is 2.48 bits per heavy atom. The van der Waals surface area contributed by atoms with E-state index in [0.29, 0.717) is 30.3 Å². The van der Waals surface area contributed by atoms with E-state index in [1.165, 1.54) is 4.31 Å². The van der Waals surface area contributed by atoms with E-state index < -0.39 is 10.0 Å². The molecule has 27 heavy (non-hydrogen) atoms. The molecule has 0 unspecified atom stereocenters. The van der Waals surface area contributed by atoms with Gasteiger partial charge < -0.3 is 5.32 Å². The second-order valence-corrected chi connectivity index (χ2v) is 10.8. The van der Waals surface area contributed by atoms with E-state index in [4.69, 9.17) is 11.6 Å². The van der Waals surface area contributed by atoms with Gasteiger partial charge in [0, 0.05) is 24.7 Å². The second-order valence-electron chi connectivity index (χ2n) is 6.89. The highest BCUT2D eigenvalue weighted by atomic mass is 35.5. The van der Waals surface area contributed by atoms with Crippen LogP contribution in [0.15, 0.2) is 40.6 Å². The summed E-state index contributed by atoms with van der Waals surface area (Å²) >= 11 is 6.95. The molecule has 0 spiro atoms. The number of thiophene rings is 1. The van der Waals surface area contributed by atoms with Crippen molar-refractivity contribution in [2.24, 2.45) is 11.8 Å². The minimum atomic E-state index is -3.50. The van der Waals surface area contributed by atoms with E-state index in [9.17, 15) is 13.2 Å². The predicted octanol–water partition coefficient (Wildman–Crippen LogP) is 4.39. The molecule has 3 rings (SSSR count). The van der Waals surface area contributed by atoms with Gasteiger partial charge in [-0.1, -0.05) is 36.7 Å². The van der Waals surface area contributed by atoms with Gasteiger partial charge in [-0.05, 0) is 49.4 Å². The van der Waals surface area contributed by atoms with Crippen LogP contribution in [0.1, 0.15) is 25.3 Å². The van der Waals surface area contributed by atoms with Crippen LogP contribution in [0.5, 0.6) is 0 Å². The largest absolute Gasteiger partial charge is 0.326 e. The standard InChI is InChI=1S/C19H23ClN2O3S2/c1-13-5-3-4-6-16(13)21-19(23)14(2)15-9-11-22(12-10-15)27(24,25)18-8-7-17(20)26-18/h3-8,14-15H,9-12H2,1-2H3,(H,21,23)/t14-/m1/s1. The second kappa shape index (κ2) is 8.31. The van der Waals surface area contributed by atoms with Crippen molar-refractivity contribution in [1.82, 2.24) is 4.31 Å². The van der Waals surface area contributed by atoms with Crippen molar-refractivity contribution in [3.05, 3.63) is 46.3 Å². The van der Waals surface area contributed by atoms with Crippen molar-refractivity contribution < 1.29 is 13.2 Å². The topological polar surface area (TPSA) is 66.5 Å². The number of amides is 1. The van der Waals surface area contributed by atoms with Crippen LogP contribution in [-0.4, -0.2) is 31.7 Å². The molecule has 1 aromatic heterocycles. The Balaban J connectivity index is 1.60. The maximum atomic E-state index is 12.7. The lowest BCUT2D eigenvalue weighted by molar-refractivity contribution is -0.121. The molecule has 1 aliphatic rings. The van der Waals surface area contributed by atoms with E-state index in [1.807, 2.05) is 38.1 Å². The van der Waals surface area contributed by atoms with Crippen LogP contribution in [0, 0.1) is 18.8 Å². The van der Waals surface area contributed by atoms with Crippen LogP contribution < -0.4 is 5.32 Å². The Morgan fingerprint density at radius 1 is 1.22 bits per heavy atom. The van der Waals surface area contributed by atoms with Crippen LogP contribution in [-0.2, 0) is 14.8 Å². The van der Waals surface area contributed by atoms with Crippen molar-refractivity contribution in [2.75, 3.05) is 18.4 Å². The molecule has 1 atom stereocenters. The normalized spacial score (nSPS) is 17.6. The average molecular weight is 427 g/mol. The summed E-state index contributed by atoms with van der Waals surface area (Å²) in [7, 11) is -3.50. The predicted molar refractivity (Wildman–Crippen MR) is 110 cm³/mol. The summed E-state index contributed by atoms with van der Waals surface area (Å²) < 4.78 is 27.6. The monoisotopic (exact) mass is 426 g/mol. The van der Waals surface area contributed by atoms with Crippen LogP contribution >= 0.6 is 22.9 Å². The first kappa shape index (κ1) is 20.3. The third kappa shape index (κ3) is 4.54. The van der Waals surface area contributed by atoms with Gasteiger partial charge in [0.15, 0.2) is 0 Å². The van der Waals surface area contributed by atoms with Crippen molar-refractivity contribution in [3.63, 3.8) is 0 Å². The minimum Gasteiger partial charge on any atom is -0.326 e. The molecule has 8 heteroatoms. The number of carbonyl (C=O) groups excluding carboxylic acids is 1. The van der Waals surface area contributed by atoms with Gasteiger partial charge in [0.25, 0.3) is 10.0 Å². The minimum absolute atomic E-state index is 0.0179. The number of sulfonamides is 1. The number of para-hydroxylation sites is 1. The molecule has 1 amide bonds. The zero-order chi connectivity index (χ0) is 19.6. The quantitative estimate of drug-likeness (QED) is 0.771. The number of anilines is 1. The van der Waals surface area contributed by atoms with Crippen LogP contribution in [0.4, 0.5) is 5.69 Å². The number of benzene rings is 1. The van der Waals surface area contributed by atoms with Crippen molar-refractivity contribution in [3.8, 4) is 0 Å². The number of aryl methyl sites for hydroxylation is 1. The SMILES string of the molecule is Cc1ccccc1NC(=O)[C@H](C)C1CCN(S(=O)(=O)c2ccc(Cl)s2)CC1. The van der Waals surface area contributed by atoms with Crippen molar-refractivity contribution in [1.29, 1.82) is 0 Å². The fourth-order valence-electron chi connectivity index (χ4n) is 3.35. The summed E-state index contributed by atoms with van der Waals surface area (Å²) in [5, 5.41) is 2.99. The fourth-order valence-corrected chi connectivity index (χ4v) is 6.46. The van der Waals surface area contributed by atoms with Gasteiger partial charge in [-0.2, -0.15) is 4.31 Å². The van der Waals surface area contributed by atoms with Crippen LogP contribution in [0.3, 0.4) is 0 Å². The Kier molecular flexibility index (Phi) is 6.25. The van der Waals surface area contributed by atoms with E-state index in [0.717, 1.165) is 22.6 Å². The molecule has 1 fully saturated rings. The fraction of sp³-hybridized carbons (Fsp3) is 0.421. The third-order valence-corrected chi connectivity index (χ3v) is 8.76. The number of nitrogens with one attached hydrogen (secondary N) is 1. The summed E-state index contributed by atoms with van der Waals surface area (Å²) in [4.78, 5) is 12.6. The van der Waals surface area contributed by atoms with Crippen molar-refractivity contribution in [2.45, 2.75) is 30.9 Å². The first-order chi connectivity index (χ1) is 12.8. The molecule has 1 saturated heterocycles. The summed E-state index contributed by atoms with van der Waals surface area (Å²) in [6.07, 6.45) is 1.33. The Morgan fingerprint density at radius 2 is 1.89 bits per heavy atom. The maximum Gasteiger partial charge on any atom is 0.252 e. The number of halogens is 1. The molecule has 0 aliphatic carbocycles.